The molecule has 0 aliphatic carbocycles. The maximum Gasteiger partial charge on any atom is 0.177 e. The Morgan fingerprint density at radius 1 is 1.26 bits per heavy atom. The standard InChI is InChI=1S/C14H22N2O2S/c1-10(2)7-11-8-15-12-5-4-6-13(19(3,17)18)14(12)16-9-11/h4-6,10-11,15-16H,7-9H2,1-3H3. The van der Waals surface area contributed by atoms with Crippen molar-refractivity contribution in [1.82, 2.24) is 0 Å². The quantitative estimate of drug-likeness (QED) is 0.894. The highest BCUT2D eigenvalue weighted by molar-refractivity contribution is 7.90. The number of anilines is 2. The monoisotopic (exact) mass is 282 g/mol. The molecule has 19 heavy (non-hydrogen) atoms. The molecule has 0 saturated carbocycles. The number of fused-ring (bicyclic) bond motifs is 1. The van der Waals surface area contributed by atoms with E-state index in [4.69, 9.17) is 0 Å². The Balaban J connectivity index is 2.28. The van der Waals surface area contributed by atoms with E-state index in [0.29, 0.717) is 16.7 Å². The van der Waals surface area contributed by atoms with Gasteiger partial charge in [-0.05, 0) is 30.4 Å². The molecule has 0 saturated heterocycles. The Labute approximate surface area is 115 Å². The van der Waals surface area contributed by atoms with Crippen LogP contribution >= 0.6 is 0 Å². The fourth-order valence-corrected chi connectivity index (χ4v) is 3.45. The summed E-state index contributed by atoms with van der Waals surface area (Å²) in [7, 11) is -3.20. The molecule has 1 aromatic rings. The van der Waals surface area contributed by atoms with Crippen molar-refractivity contribution in [2.45, 2.75) is 25.2 Å². The smallest absolute Gasteiger partial charge is 0.177 e. The number of rotatable bonds is 3. The van der Waals surface area contributed by atoms with Crippen LogP contribution in [0.4, 0.5) is 11.4 Å². The molecule has 0 spiro atoms. The minimum atomic E-state index is -3.20. The largest absolute Gasteiger partial charge is 0.383 e. The average molecular weight is 282 g/mol. The van der Waals surface area contributed by atoms with Crippen LogP contribution < -0.4 is 10.6 Å². The molecule has 0 bridgehead atoms. The number of hydrogen-bond acceptors (Lipinski definition) is 4. The first kappa shape index (κ1) is 14.2. The van der Waals surface area contributed by atoms with Crippen LogP contribution in [-0.4, -0.2) is 27.8 Å². The molecule has 2 N–H and O–H groups in total. The predicted molar refractivity (Wildman–Crippen MR) is 79.5 cm³/mol. The second-order valence-electron chi connectivity index (χ2n) is 5.71. The molecule has 106 valence electrons. The van der Waals surface area contributed by atoms with Crippen LogP contribution in [0.25, 0.3) is 0 Å². The SMILES string of the molecule is CC(C)CC1CNc2cccc(S(C)(=O)=O)c2NC1. The zero-order valence-corrected chi connectivity index (χ0v) is 12.5. The third kappa shape index (κ3) is 3.41. The second kappa shape index (κ2) is 5.41. The summed E-state index contributed by atoms with van der Waals surface area (Å²) in [5.41, 5.74) is 1.60. The minimum absolute atomic E-state index is 0.377. The second-order valence-corrected chi connectivity index (χ2v) is 7.69. The van der Waals surface area contributed by atoms with E-state index >= 15 is 0 Å². The van der Waals surface area contributed by atoms with Crippen molar-refractivity contribution in [2.75, 3.05) is 30.0 Å². The van der Waals surface area contributed by atoms with Crippen molar-refractivity contribution in [3.05, 3.63) is 18.2 Å². The molecule has 0 amide bonds. The van der Waals surface area contributed by atoms with E-state index < -0.39 is 9.84 Å². The Kier molecular flexibility index (Phi) is 4.04. The molecule has 1 aliphatic rings. The van der Waals surface area contributed by atoms with Crippen LogP contribution in [0.5, 0.6) is 0 Å². The number of nitrogens with one attached hydrogen (secondary N) is 2. The van der Waals surface area contributed by atoms with E-state index in [-0.39, 0.29) is 0 Å². The Morgan fingerprint density at radius 2 is 1.95 bits per heavy atom. The van der Waals surface area contributed by atoms with Crippen LogP contribution in [0.15, 0.2) is 23.1 Å². The molecule has 2 rings (SSSR count). The molecule has 0 fully saturated rings. The summed E-state index contributed by atoms with van der Waals surface area (Å²) in [6, 6.07) is 5.37. The highest BCUT2D eigenvalue weighted by Crippen LogP contribution is 2.32. The number of benzene rings is 1. The lowest BCUT2D eigenvalue weighted by Gasteiger charge is -2.16. The van der Waals surface area contributed by atoms with Crippen molar-refractivity contribution in [1.29, 1.82) is 0 Å². The Morgan fingerprint density at radius 3 is 2.58 bits per heavy atom. The van der Waals surface area contributed by atoms with Crippen LogP contribution in [0, 0.1) is 11.8 Å². The van der Waals surface area contributed by atoms with Gasteiger partial charge in [0.1, 0.15) is 0 Å². The van der Waals surface area contributed by atoms with Gasteiger partial charge in [0, 0.05) is 19.3 Å². The van der Waals surface area contributed by atoms with Crippen LogP contribution in [0.3, 0.4) is 0 Å². The fraction of sp³-hybridized carbons (Fsp3) is 0.571. The molecule has 5 heteroatoms. The zero-order chi connectivity index (χ0) is 14.0. The van der Waals surface area contributed by atoms with Crippen molar-refractivity contribution in [2.24, 2.45) is 11.8 Å². The number of hydrogen-bond donors (Lipinski definition) is 2. The van der Waals surface area contributed by atoms with Gasteiger partial charge in [-0.15, -0.1) is 0 Å². The van der Waals surface area contributed by atoms with E-state index in [9.17, 15) is 8.42 Å². The van der Waals surface area contributed by atoms with Gasteiger partial charge in [0.2, 0.25) is 0 Å². The number of para-hydroxylation sites is 1. The molecule has 1 unspecified atom stereocenters. The van der Waals surface area contributed by atoms with Gasteiger partial charge in [-0.2, -0.15) is 0 Å². The van der Waals surface area contributed by atoms with Gasteiger partial charge in [0.25, 0.3) is 0 Å². The lowest BCUT2D eigenvalue weighted by atomic mass is 9.97. The van der Waals surface area contributed by atoms with Gasteiger partial charge in [0.05, 0.1) is 16.3 Å². The lowest BCUT2D eigenvalue weighted by molar-refractivity contribution is 0.444. The highest BCUT2D eigenvalue weighted by atomic mass is 32.2. The fourth-order valence-electron chi connectivity index (χ4n) is 2.58. The summed E-state index contributed by atoms with van der Waals surface area (Å²) in [6.45, 7) is 6.11. The molecule has 1 aromatic carbocycles. The normalized spacial score (nSPS) is 19.3. The first-order chi connectivity index (χ1) is 8.88. The Bertz CT molecular complexity index is 553. The minimum Gasteiger partial charge on any atom is -0.383 e. The summed E-state index contributed by atoms with van der Waals surface area (Å²) in [5.74, 6) is 1.16. The van der Waals surface area contributed by atoms with Crippen molar-refractivity contribution >= 4 is 21.2 Å². The molecule has 1 atom stereocenters. The van der Waals surface area contributed by atoms with Gasteiger partial charge < -0.3 is 10.6 Å². The third-order valence-corrected chi connectivity index (χ3v) is 4.52. The van der Waals surface area contributed by atoms with Crippen molar-refractivity contribution in [3.8, 4) is 0 Å². The van der Waals surface area contributed by atoms with Gasteiger partial charge in [0.15, 0.2) is 9.84 Å². The van der Waals surface area contributed by atoms with Gasteiger partial charge in [-0.3, -0.25) is 0 Å². The molecule has 4 nitrogen and oxygen atoms in total. The maximum absolute atomic E-state index is 11.8. The molecule has 0 aromatic heterocycles. The first-order valence-corrected chi connectivity index (χ1v) is 8.58. The summed E-state index contributed by atoms with van der Waals surface area (Å²) < 4.78 is 23.6. The molecule has 1 heterocycles. The van der Waals surface area contributed by atoms with Gasteiger partial charge in [-0.25, -0.2) is 8.42 Å². The molecule has 0 radical (unpaired) electrons. The van der Waals surface area contributed by atoms with Gasteiger partial charge >= 0.3 is 0 Å². The molecule has 1 aliphatic heterocycles. The van der Waals surface area contributed by atoms with Crippen LogP contribution in [0.1, 0.15) is 20.3 Å². The highest BCUT2D eigenvalue weighted by Gasteiger charge is 2.21. The van der Waals surface area contributed by atoms with E-state index in [1.54, 1.807) is 12.1 Å². The lowest BCUT2D eigenvalue weighted by Crippen LogP contribution is -2.20. The molecular formula is C14H22N2O2S. The zero-order valence-electron chi connectivity index (χ0n) is 11.7. The predicted octanol–water partition coefficient (Wildman–Crippen LogP) is 2.59. The van der Waals surface area contributed by atoms with Crippen LogP contribution in [0.2, 0.25) is 0 Å². The summed E-state index contributed by atoms with van der Waals surface area (Å²) in [4.78, 5) is 0.377. The molecular weight excluding hydrogens is 260 g/mol. The topological polar surface area (TPSA) is 58.2 Å². The summed E-state index contributed by atoms with van der Waals surface area (Å²) in [5, 5.41) is 6.68. The van der Waals surface area contributed by atoms with E-state index in [2.05, 4.69) is 24.5 Å². The third-order valence-electron chi connectivity index (χ3n) is 3.38. The average Bonchev–Trinajstić information content (AvgIpc) is 2.50. The Hall–Kier alpha value is -1.23. The van der Waals surface area contributed by atoms with E-state index in [1.165, 1.54) is 6.26 Å². The summed E-state index contributed by atoms with van der Waals surface area (Å²) >= 11 is 0. The van der Waals surface area contributed by atoms with E-state index in [1.807, 2.05) is 6.07 Å². The number of sulfone groups is 1. The van der Waals surface area contributed by atoms with Gasteiger partial charge in [-0.1, -0.05) is 19.9 Å². The first-order valence-electron chi connectivity index (χ1n) is 6.68. The summed E-state index contributed by atoms with van der Waals surface area (Å²) in [6.07, 6.45) is 2.38. The van der Waals surface area contributed by atoms with Crippen LogP contribution in [-0.2, 0) is 9.84 Å². The maximum atomic E-state index is 11.8. The van der Waals surface area contributed by atoms with E-state index in [0.717, 1.165) is 30.9 Å². The van der Waals surface area contributed by atoms with Crippen molar-refractivity contribution < 1.29 is 8.42 Å². The van der Waals surface area contributed by atoms with Crippen molar-refractivity contribution in [3.63, 3.8) is 0 Å².